The summed E-state index contributed by atoms with van der Waals surface area (Å²) in [7, 11) is 0. The number of amides is 3. The lowest BCUT2D eigenvalue weighted by Gasteiger charge is -2.37. The predicted octanol–water partition coefficient (Wildman–Crippen LogP) is 3.15. The van der Waals surface area contributed by atoms with E-state index < -0.39 is 17.4 Å². The molecule has 4 aliphatic heterocycles. The number of carbonyl (C=O) groups excluding carboxylic acids is 3. The fraction of sp³-hybridized carbons (Fsp3) is 0.423. The summed E-state index contributed by atoms with van der Waals surface area (Å²) in [5, 5.41) is 0. The van der Waals surface area contributed by atoms with E-state index in [0.717, 1.165) is 41.8 Å². The van der Waals surface area contributed by atoms with Gasteiger partial charge in [0.1, 0.15) is 5.54 Å². The number of likely N-dealkylation sites (N-methyl/N-ethyl adjacent to an activating group) is 1. The van der Waals surface area contributed by atoms with Crippen LogP contribution in [0.2, 0.25) is 0 Å². The van der Waals surface area contributed by atoms with Crippen molar-refractivity contribution in [1.29, 1.82) is 0 Å². The molecule has 4 atom stereocenters. The lowest BCUT2D eigenvalue weighted by atomic mass is 9.75. The van der Waals surface area contributed by atoms with E-state index in [-0.39, 0.29) is 23.8 Å². The van der Waals surface area contributed by atoms with E-state index in [1.54, 1.807) is 4.90 Å². The third-order valence-electron chi connectivity index (χ3n) is 8.21. The molecular formula is C26H27N3O3. The predicted molar refractivity (Wildman–Crippen MR) is 121 cm³/mol. The quantitative estimate of drug-likeness (QED) is 0.688. The average molecular weight is 430 g/mol. The molecule has 6 heteroatoms. The minimum Gasteiger partial charge on any atom is -0.310 e. The molecule has 0 aliphatic carbocycles. The molecule has 0 radical (unpaired) electrons. The molecule has 3 saturated heterocycles. The molecular weight excluding hydrogens is 402 g/mol. The van der Waals surface area contributed by atoms with Gasteiger partial charge in [-0.05, 0) is 69.5 Å². The van der Waals surface area contributed by atoms with Gasteiger partial charge in [-0.25, -0.2) is 4.90 Å². The van der Waals surface area contributed by atoms with Gasteiger partial charge >= 0.3 is 0 Å². The molecule has 0 bridgehead atoms. The average Bonchev–Trinajstić information content (AvgIpc) is 3.48. The largest absolute Gasteiger partial charge is 0.310 e. The molecule has 0 N–H and O–H groups in total. The van der Waals surface area contributed by atoms with Crippen molar-refractivity contribution in [2.24, 2.45) is 11.8 Å². The Morgan fingerprint density at radius 1 is 1.00 bits per heavy atom. The number of hydrogen-bond acceptors (Lipinski definition) is 4. The van der Waals surface area contributed by atoms with Crippen LogP contribution in [0.1, 0.15) is 36.5 Å². The van der Waals surface area contributed by atoms with Crippen molar-refractivity contribution in [3.63, 3.8) is 0 Å². The monoisotopic (exact) mass is 429 g/mol. The van der Waals surface area contributed by atoms with E-state index in [1.165, 1.54) is 4.90 Å². The number of hydrogen-bond donors (Lipinski definition) is 0. The smallest absolute Gasteiger partial charge is 0.253 e. The molecule has 6 rings (SSSR count). The van der Waals surface area contributed by atoms with Gasteiger partial charge in [0.2, 0.25) is 11.8 Å². The summed E-state index contributed by atoms with van der Waals surface area (Å²) >= 11 is 0. The van der Waals surface area contributed by atoms with Crippen LogP contribution >= 0.6 is 0 Å². The molecule has 6 nitrogen and oxygen atoms in total. The number of anilines is 2. The molecule has 3 amide bonds. The molecule has 4 heterocycles. The van der Waals surface area contributed by atoms with Gasteiger partial charge < -0.3 is 4.90 Å². The minimum atomic E-state index is -1.08. The third-order valence-corrected chi connectivity index (χ3v) is 8.21. The molecule has 32 heavy (non-hydrogen) atoms. The summed E-state index contributed by atoms with van der Waals surface area (Å²) in [5.74, 6) is -1.62. The summed E-state index contributed by atoms with van der Waals surface area (Å²) in [6, 6.07) is 13.4. The number of aryl methyl sites for hydroxylation is 2. The molecule has 0 saturated carbocycles. The zero-order chi connectivity index (χ0) is 22.4. The van der Waals surface area contributed by atoms with Crippen LogP contribution in [0.15, 0.2) is 42.5 Å². The lowest BCUT2D eigenvalue weighted by Crippen LogP contribution is -2.56. The lowest BCUT2D eigenvalue weighted by molar-refractivity contribution is -0.137. The molecule has 3 fully saturated rings. The number of rotatable bonds is 2. The van der Waals surface area contributed by atoms with E-state index in [2.05, 4.69) is 4.90 Å². The van der Waals surface area contributed by atoms with E-state index >= 15 is 0 Å². The van der Waals surface area contributed by atoms with Crippen molar-refractivity contribution in [1.82, 2.24) is 4.90 Å². The highest BCUT2D eigenvalue weighted by Crippen LogP contribution is 2.61. The Morgan fingerprint density at radius 2 is 1.78 bits per heavy atom. The molecule has 2 aromatic carbocycles. The number of carbonyl (C=O) groups is 3. The first kappa shape index (κ1) is 19.7. The first-order valence-electron chi connectivity index (χ1n) is 11.6. The Kier molecular flexibility index (Phi) is 4.01. The fourth-order valence-electron chi connectivity index (χ4n) is 6.77. The van der Waals surface area contributed by atoms with Crippen molar-refractivity contribution in [3.8, 4) is 0 Å². The van der Waals surface area contributed by atoms with Crippen LogP contribution in [0.5, 0.6) is 0 Å². The van der Waals surface area contributed by atoms with Crippen LogP contribution in [0.3, 0.4) is 0 Å². The minimum absolute atomic E-state index is 0.0521. The fourth-order valence-corrected chi connectivity index (χ4v) is 6.77. The van der Waals surface area contributed by atoms with Gasteiger partial charge in [0.25, 0.3) is 5.91 Å². The van der Waals surface area contributed by atoms with E-state index in [1.807, 2.05) is 63.2 Å². The highest BCUT2D eigenvalue weighted by Gasteiger charge is 2.75. The maximum absolute atomic E-state index is 14.1. The maximum Gasteiger partial charge on any atom is 0.253 e. The summed E-state index contributed by atoms with van der Waals surface area (Å²) in [5.41, 5.74) is 3.44. The Balaban J connectivity index is 1.56. The second kappa shape index (κ2) is 6.51. The zero-order valence-corrected chi connectivity index (χ0v) is 18.7. The van der Waals surface area contributed by atoms with Gasteiger partial charge in [0.05, 0.1) is 17.5 Å². The van der Waals surface area contributed by atoms with E-state index in [4.69, 9.17) is 0 Å². The summed E-state index contributed by atoms with van der Waals surface area (Å²) in [4.78, 5) is 47.3. The van der Waals surface area contributed by atoms with Crippen molar-refractivity contribution >= 4 is 29.1 Å². The molecule has 0 aromatic heterocycles. The zero-order valence-electron chi connectivity index (χ0n) is 18.7. The Hall–Kier alpha value is -2.99. The highest BCUT2D eigenvalue weighted by molar-refractivity contribution is 6.26. The standard InChI is InChI=1S/C26H27N3O3/c1-4-27-19-9-6-5-8-18(19)26(25(27)32)22-21(20-10-7-13-28(20)26)23(30)29(24(22)31)17-12-11-15(2)16(3)14-17/h5-6,8-9,11-12,14,20-22H,4,7,10,13H2,1-3H3/t20-,21+,22-,26-/m0/s1. The van der Waals surface area contributed by atoms with Crippen LogP contribution in [0.25, 0.3) is 0 Å². The van der Waals surface area contributed by atoms with Gasteiger partial charge in [-0.2, -0.15) is 0 Å². The molecule has 2 aromatic rings. The van der Waals surface area contributed by atoms with Crippen molar-refractivity contribution in [2.45, 2.75) is 45.2 Å². The number of para-hydroxylation sites is 1. The molecule has 1 spiro atoms. The number of imide groups is 1. The summed E-state index contributed by atoms with van der Waals surface area (Å²) in [6.45, 7) is 7.24. The maximum atomic E-state index is 14.1. The van der Waals surface area contributed by atoms with Crippen molar-refractivity contribution in [3.05, 3.63) is 59.2 Å². The van der Waals surface area contributed by atoms with Gasteiger partial charge in [0.15, 0.2) is 0 Å². The number of nitrogens with zero attached hydrogens (tertiary/aromatic N) is 3. The van der Waals surface area contributed by atoms with Crippen LogP contribution in [0.4, 0.5) is 11.4 Å². The van der Waals surface area contributed by atoms with Gasteiger partial charge in [-0.1, -0.05) is 24.3 Å². The normalized spacial score (nSPS) is 31.1. The highest BCUT2D eigenvalue weighted by atomic mass is 16.2. The van der Waals surface area contributed by atoms with Crippen LogP contribution < -0.4 is 9.80 Å². The second-order valence-corrected chi connectivity index (χ2v) is 9.52. The van der Waals surface area contributed by atoms with Crippen molar-refractivity contribution in [2.75, 3.05) is 22.9 Å². The summed E-state index contributed by atoms with van der Waals surface area (Å²) < 4.78 is 0. The van der Waals surface area contributed by atoms with Gasteiger partial charge in [-0.15, -0.1) is 0 Å². The molecule has 164 valence electrons. The topological polar surface area (TPSA) is 60.9 Å². The van der Waals surface area contributed by atoms with Crippen LogP contribution in [0, 0.1) is 25.7 Å². The Labute approximate surface area is 187 Å². The number of fused-ring (bicyclic) bond motifs is 7. The molecule has 0 unspecified atom stereocenters. The van der Waals surface area contributed by atoms with E-state index in [9.17, 15) is 14.4 Å². The second-order valence-electron chi connectivity index (χ2n) is 9.52. The third kappa shape index (κ3) is 2.11. The Morgan fingerprint density at radius 3 is 2.53 bits per heavy atom. The molecule has 4 aliphatic rings. The van der Waals surface area contributed by atoms with Gasteiger partial charge in [-0.3, -0.25) is 19.3 Å². The van der Waals surface area contributed by atoms with Crippen LogP contribution in [-0.2, 0) is 19.9 Å². The SMILES string of the molecule is CCN1C(=O)[C@]2(c3ccccc31)[C@@H]1C(=O)N(c3ccc(C)c(C)c3)C(=O)[C@@H]1[C@@H]1CCCN12. The summed E-state index contributed by atoms with van der Waals surface area (Å²) in [6.07, 6.45) is 1.77. The number of benzene rings is 2. The van der Waals surface area contributed by atoms with E-state index in [0.29, 0.717) is 12.2 Å². The Bertz CT molecular complexity index is 1190. The first-order chi connectivity index (χ1) is 15.4. The first-order valence-corrected chi connectivity index (χ1v) is 11.6. The van der Waals surface area contributed by atoms with Gasteiger partial charge in [0, 0.05) is 23.8 Å². The van der Waals surface area contributed by atoms with Crippen molar-refractivity contribution < 1.29 is 14.4 Å². The van der Waals surface area contributed by atoms with Crippen LogP contribution in [-0.4, -0.2) is 41.8 Å².